The van der Waals surface area contributed by atoms with Gasteiger partial charge in [0.15, 0.2) is 5.82 Å². The number of aromatic nitrogens is 3. The number of hydrogen-bond donors (Lipinski definition) is 2. The molecule has 0 unspecified atom stereocenters. The van der Waals surface area contributed by atoms with E-state index in [1.54, 1.807) is 13.0 Å². The van der Waals surface area contributed by atoms with Gasteiger partial charge < -0.3 is 5.73 Å². The van der Waals surface area contributed by atoms with Crippen LogP contribution in [0.15, 0.2) is 23.2 Å². The first-order valence-electron chi connectivity index (χ1n) is 6.13. The summed E-state index contributed by atoms with van der Waals surface area (Å²) in [4.78, 5) is 4.10. The maximum Gasteiger partial charge on any atom is 0.268 e. The van der Waals surface area contributed by atoms with E-state index < -0.39 is 10.0 Å². The number of sulfonamides is 1. The number of pyridine rings is 1. The quantitative estimate of drug-likeness (QED) is 0.885. The van der Waals surface area contributed by atoms with E-state index in [-0.39, 0.29) is 16.5 Å². The minimum atomic E-state index is -3.79. The van der Waals surface area contributed by atoms with Crippen LogP contribution in [-0.2, 0) is 16.6 Å². The zero-order valence-corrected chi connectivity index (χ0v) is 12.4. The fourth-order valence-corrected chi connectivity index (χ4v) is 2.94. The summed E-state index contributed by atoms with van der Waals surface area (Å²) < 4.78 is 28.5. The lowest BCUT2D eigenvalue weighted by molar-refractivity contribution is 0.600. The van der Waals surface area contributed by atoms with Gasteiger partial charge >= 0.3 is 0 Å². The molecule has 0 amide bonds. The first-order valence-corrected chi connectivity index (χ1v) is 7.61. The van der Waals surface area contributed by atoms with E-state index in [0.717, 1.165) is 11.3 Å². The number of nitrogens with two attached hydrogens (primary N) is 1. The average Bonchev–Trinajstić information content (AvgIpc) is 2.69. The largest absolute Gasteiger partial charge is 0.381 e. The van der Waals surface area contributed by atoms with Crippen molar-refractivity contribution in [3.8, 4) is 0 Å². The number of nitrogens with zero attached hydrogens (tertiary/aromatic N) is 3. The number of hydrogen-bond acceptors (Lipinski definition) is 5. The van der Waals surface area contributed by atoms with Crippen LogP contribution in [0.4, 0.5) is 11.6 Å². The number of rotatable bonds is 4. The third-order valence-corrected chi connectivity index (χ3v) is 4.08. The fraction of sp³-hybridized carbons (Fsp3) is 0.333. The summed E-state index contributed by atoms with van der Waals surface area (Å²) in [6.07, 6.45) is 1.40. The predicted octanol–water partition coefficient (Wildman–Crippen LogP) is 1.30. The van der Waals surface area contributed by atoms with Gasteiger partial charge in [0.25, 0.3) is 10.0 Å². The van der Waals surface area contributed by atoms with Crippen LogP contribution in [0.25, 0.3) is 0 Å². The van der Waals surface area contributed by atoms with Gasteiger partial charge in [-0.25, -0.2) is 13.4 Å². The van der Waals surface area contributed by atoms with Crippen molar-refractivity contribution in [2.45, 2.75) is 32.2 Å². The molecule has 2 aromatic heterocycles. The van der Waals surface area contributed by atoms with Crippen molar-refractivity contribution < 1.29 is 8.42 Å². The van der Waals surface area contributed by atoms with Crippen molar-refractivity contribution in [3.63, 3.8) is 0 Å². The Morgan fingerprint density at radius 1 is 1.35 bits per heavy atom. The van der Waals surface area contributed by atoms with E-state index >= 15 is 0 Å². The molecule has 3 N–H and O–H groups in total. The van der Waals surface area contributed by atoms with Crippen LogP contribution in [0.5, 0.6) is 0 Å². The Morgan fingerprint density at radius 3 is 2.60 bits per heavy atom. The highest BCUT2D eigenvalue weighted by atomic mass is 32.2. The Labute approximate surface area is 117 Å². The summed E-state index contributed by atoms with van der Waals surface area (Å²) in [5.74, 6) is 0.245. The number of nitrogens with one attached hydrogen (secondary N) is 1. The van der Waals surface area contributed by atoms with E-state index in [4.69, 9.17) is 5.73 Å². The SMILES string of the molecule is CCn1cc(S(=O)(=O)Nc2cc(C)cc(C)n2)c(N)n1. The Bertz CT molecular complexity index is 716. The van der Waals surface area contributed by atoms with Crippen LogP contribution in [0.2, 0.25) is 0 Å². The standard InChI is InChI=1S/C12H17N5O2S/c1-4-17-7-10(12(13)15-17)20(18,19)16-11-6-8(2)5-9(3)14-11/h5-7H,4H2,1-3H3,(H2,13,15)(H,14,16). The molecule has 0 bridgehead atoms. The van der Waals surface area contributed by atoms with Crippen LogP contribution in [0.1, 0.15) is 18.2 Å². The van der Waals surface area contributed by atoms with Gasteiger partial charge in [-0.05, 0) is 38.5 Å². The summed E-state index contributed by atoms with van der Waals surface area (Å²) in [5, 5.41) is 3.93. The van der Waals surface area contributed by atoms with Crippen molar-refractivity contribution in [2.24, 2.45) is 0 Å². The van der Waals surface area contributed by atoms with Crippen molar-refractivity contribution in [3.05, 3.63) is 29.6 Å². The Hall–Kier alpha value is -2.09. The van der Waals surface area contributed by atoms with Crippen molar-refractivity contribution in [1.82, 2.24) is 14.8 Å². The van der Waals surface area contributed by atoms with Crippen molar-refractivity contribution in [1.29, 1.82) is 0 Å². The number of aryl methyl sites for hydroxylation is 3. The molecular weight excluding hydrogens is 278 g/mol. The summed E-state index contributed by atoms with van der Waals surface area (Å²) in [6.45, 7) is 6.06. The van der Waals surface area contributed by atoms with Gasteiger partial charge in [-0.2, -0.15) is 5.10 Å². The minimum Gasteiger partial charge on any atom is -0.381 e. The molecule has 0 radical (unpaired) electrons. The molecule has 7 nitrogen and oxygen atoms in total. The molecule has 2 rings (SSSR count). The maximum atomic E-state index is 12.3. The Kier molecular flexibility index (Phi) is 3.67. The van der Waals surface area contributed by atoms with Crippen LogP contribution in [0, 0.1) is 13.8 Å². The first kappa shape index (κ1) is 14.3. The topological polar surface area (TPSA) is 103 Å². The molecule has 0 aliphatic carbocycles. The summed E-state index contributed by atoms with van der Waals surface area (Å²) in [6, 6.07) is 3.52. The van der Waals surface area contributed by atoms with Crippen LogP contribution in [0.3, 0.4) is 0 Å². The molecule has 2 aromatic rings. The van der Waals surface area contributed by atoms with Gasteiger partial charge in [-0.1, -0.05) is 0 Å². The number of nitrogen functional groups attached to an aromatic ring is 1. The monoisotopic (exact) mass is 295 g/mol. The van der Waals surface area contributed by atoms with E-state index in [9.17, 15) is 8.42 Å². The maximum absolute atomic E-state index is 12.3. The van der Waals surface area contributed by atoms with Crippen LogP contribution < -0.4 is 10.5 Å². The molecule has 0 aromatic carbocycles. The Balaban J connectivity index is 2.37. The molecule has 0 saturated carbocycles. The minimum absolute atomic E-state index is 0.0243. The molecule has 2 heterocycles. The molecular formula is C12H17N5O2S. The van der Waals surface area contributed by atoms with Crippen LogP contribution in [-0.4, -0.2) is 23.2 Å². The third kappa shape index (κ3) is 2.90. The van der Waals surface area contributed by atoms with E-state index in [0.29, 0.717) is 6.54 Å². The summed E-state index contributed by atoms with van der Waals surface area (Å²) in [5.41, 5.74) is 7.30. The lowest BCUT2D eigenvalue weighted by Gasteiger charge is -2.07. The van der Waals surface area contributed by atoms with Gasteiger partial charge in [-0.3, -0.25) is 9.40 Å². The van der Waals surface area contributed by atoms with Crippen molar-refractivity contribution in [2.75, 3.05) is 10.5 Å². The lowest BCUT2D eigenvalue weighted by Crippen LogP contribution is -2.15. The lowest BCUT2D eigenvalue weighted by atomic mass is 10.2. The van der Waals surface area contributed by atoms with Gasteiger partial charge in [0, 0.05) is 18.4 Å². The third-order valence-electron chi connectivity index (χ3n) is 2.71. The van der Waals surface area contributed by atoms with Gasteiger partial charge in [0.1, 0.15) is 10.7 Å². The second-order valence-corrected chi connectivity index (χ2v) is 6.16. The summed E-state index contributed by atoms with van der Waals surface area (Å²) >= 11 is 0. The molecule has 0 fully saturated rings. The zero-order valence-electron chi connectivity index (χ0n) is 11.6. The molecule has 20 heavy (non-hydrogen) atoms. The molecule has 108 valence electrons. The second kappa shape index (κ2) is 5.12. The Morgan fingerprint density at radius 2 is 2.05 bits per heavy atom. The molecule has 0 saturated heterocycles. The highest BCUT2D eigenvalue weighted by Gasteiger charge is 2.21. The van der Waals surface area contributed by atoms with Crippen molar-refractivity contribution >= 4 is 21.7 Å². The first-order chi connectivity index (χ1) is 9.31. The van der Waals surface area contributed by atoms with Gasteiger partial charge in [0.2, 0.25) is 0 Å². The van der Waals surface area contributed by atoms with Gasteiger partial charge in [-0.15, -0.1) is 0 Å². The fourth-order valence-electron chi connectivity index (χ4n) is 1.87. The normalized spacial score (nSPS) is 11.6. The molecule has 0 atom stereocenters. The molecule has 0 aliphatic heterocycles. The second-order valence-electron chi connectivity index (χ2n) is 4.51. The van der Waals surface area contributed by atoms with Crippen LogP contribution >= 0.6 is 0 Å². The van der Waals surface area contributed by atoms with E-state index in [2.05, 4.69) is 14.8 Å². The zero-order chi connectivity index (χ0) is 14.9. The highest BCUT2D eigenvalue weighted by Crippen LogP contribution is 2.20. The van der Waals surface area contributed by atoms with E-state index in [1.807, 2.05) is 19.9 Å². The van der Waals surface area contributed by atoms with E-state index in [1.165, 1.54) is 10.9 Å². The summed E-state index contributed by atoms with van der Waals surface area (Å²) in [7, 11) is -3.79. The highest BCUT2D eigenvalue weighted by molar-refractivity contribution is 7.92. The van der Waals surface area contributed by atoms with Gasteiger partial charge in [0.05, 0.1) is 0 Å². The molecule has 0 spiro atoms. The smallest absolute Gasteiger partial charge is 0.268 e. The molecule has 8 heteroatoms. The predicted molar refractivity (Wildman–Crippen MR) is 76.8 cm³/mol. The average molecular weight is 295 g/mol. The number of anilines is 2. The molecule has 0 aliphatic rings.